The van der Waals surface area contributed by atoms with Crippen LogP contribution in [-0.4, -0.2) is 79.0 Å². The smallest absolute Gasteiger partial charge is 0.326 e. The predicted octanol–water partition coefficient (Wildman–Crippen LogP) is 0.335. The highest BCUT2D eigenvalue weighted by atomic mass is 16.4. The molecular formula is C22H26N6O7. The molecule has 0 radical (unpaired) electrons. The van der Waals surface area contributed by atoms with E-state index in [1.54, 1.807) is 18.3 Å². The Labute approximate surface area is 199 Å². The molecule has 0 aliphatic carbocycles. The topological polar surface area (TPSA) is 215 Å². The summed E-state index contributed by atoms with van der Waals surface area (Å²) in [6, 6.07) is 5.02. The zero-order valence-electron chi connectivity index (χ0n) is 18.6. The monoisotopic (exact) mass is 486 g/mol. The number of nitrogen functional groups attached to an aromatic ring is 1. The first-order valence-electron chi connectivity index (χ1n) is 10.7. The number of carbonyl (C=O) groups excluding carboxylic acids is 1. The van der Waals surface area contributed by atoms with E-state index in [1.165, 1.54) is 12.1 Å². The molecule has 8 N–H and O–H groups in total. The summed E-state index contributed by atoms with van der Waals surface area (Å²) in [6.07, 6.45) is 1.55. The maximum Gasteiger partial charge on any atom is 0.326 e. The number of aliphatic hydroxyl groups excluding tert-OH is 1. The van der Waals surface area contributed by atoms with Gasteiger partial charge in [0.1, 0.15) is 11.7 Å². The minimum absolute atomic E-state index is 0.0500. The molecule has 0 aliphatic heterocycles. The van der Waals surface area contributed by atoms with Crippen molar-refractivity contribution in [3.8, 4) is 5.88 Å². The Morgan fingerprint density at radius 2 is 1.83 bits per heavy atom. The second-order valence-corrected chi connectivity index (χ2v) is 7.75. The third-order valence-electron chi connectivity index (χ3n) is 5.38. The summed E-state index contributed by atoms with van der Waals surface area (Å²) in [4.78, 5) is 47.1. The lowest BCUT2D eigenvalue weighted by atomic mass is 10.1. The van der Waals surface area contributed by atoms with Crippen LogP contribution in [0.4, 0.5) is 11.6 Å². The quantitative estimate of drug-likeness (QED) is 0.185. The number of aromatic nitrogens is 3. The minimum atomic E-state index is -1.32. The third kappa shape index (κ3) is 6.35. The molecule has 2 heterocycles. The highest BCUT2D eigenvalue weighted by Crippen LogP contribution is 2.26. The summed E-state index contributed by atoms with van der Waals surface area (Å²) in [5.74, 6) is -3.39. The van der Waals surface area contributed by atoms with E-state index in [4.69, 9.17) is 10.8 Å². The fraction of sp³-hybridized carbons (Fsp3) is 0.318. The summed E-state index contributed by atoms with van der Waals surface area (Å²) in [5, 5.41) is 40.4. The first kappa shape index (κ1) is 25.2. The number of benzene rings is 1. The molecule has 3 rings (SSSR count). The summed E-state index contributed by atoms with van der Waals surface area (Å²) in [6.45, 7) is 0.643. The number of aliphatic carboxylic acids is 2. The van der Waals surface area contributed by atoms with Crippen LogP contribution in [0.1, 0.15) is 28.8 Å². The number of carboxylic acid groups (broad SMARTS) is 2. The van der Waals surface area contributed by atoms with E-state index in [0.29, 0.717) is 36.2 Å². The number of rotatable bonds is 12. The van der Waals surface area contributed by atoms with Gasteiger partial charge >= 0.3 is 11.9 Å². The molecule has 0 bridgehead atoms. The molecule has 1 aromatic carbocycles. The van der Waals surface area contributed by atoms with Crippen LogP contribution in [0.15, 0.2) is 30.5 Å². The van der Waals surface area contributed by atoms with Crippen molar-refractivity contribution in [3.05, 3.63) is 41.6 Å². The number of anilines is 2. The first-order valence-corrected chi connectivity index (χ1v) is 10.7. The van der Waals surface area contributed by atoms with E-state index in [2.05, 4.69) is 20.3 Å². The first-order chi connectivity index (χ1) is 16.7. The van der Waals surface area contributed by atoms with Crippen molar-refractivity contribution in [2.75, 3.05) is 30.3 Å². The summed E-state index contributed by atoms with van der Waals surface area (Å²) >= 11 is 0. The SMILES string of the molecule is Nc1nc(O)c2c(CCN(CCO)c3ccc(C(=O)N[C@@H](CCC(=O)O)C(=O)O)cc3)c[nH]c2n1. The zero-order valence-corrected chi connectivity index (χ0v) is 18.6. The second-order valence-electron chi connectivity index (χ2n) is 7.75. The van der Waals surface area contributed by atoms with Crippen molar-refractivity contribution in [1.29, 1.82) is 0 Å². The van der Waals surface area contributed by atoms with Gasteiger partial charge in [-0.1, -0.05) is 0 Å². The van der Waals surface area contributed by atoms with Crippen LogP contribution in [0.3, 0.4) is 0 Å². The highest BCUT2D eigenvalue weighted by molar-refractivity contribution is 5.97. The summed E-state index contributed by atoms with van der Waals surface area (Å²) in [7, 11) is 0. The number of nitrogens with zero attached hydrogens (tertiary/aromatic N) is 3. The molecule has 35 heavy (non-hydrogen) atoms. The van der Waals surface area contributed by atoms with Crippen LogP contribution in [0.2, 0.25) is 0 Å². The Kier molecular flexibility index (Phi) is 8.04. The third-order valence-corrected chi connectivity index (χ3v) is 5.38. The summed E-state index contributed by atoms with van der Waals surface area (Å²) in [5.41, 5.74) is 7.64. The number of aliphatic hydroxyl groups is 1. The molecule has 3 aromatic rings. The van der Waals surface area contributed by atoms with Crippen LogP contribution < -0.4 is 16.0 Å². The van der Waals surface area contributed by atoms with Gasteiger partial charge in [-0.2, -0.15) is 9.97 Å². The van der Waals surface area contributed by atoms with E-state index in [1.807, 2.05) is 4.90 Å². The molecule has 13 heteroatoms. The van der Waals surface area contributed by atoms with E-state index < -0.39 is 23.9 Å². The van der Waals surface area contributed by atoms with Crippen molar-refractivity contribution in [2.24, 2.45) is 0 Å². The van der Waals surface area contributed by atoms with Gasteiger partial charge in [0.2, 0.25) is 11.8 Å². The lowest BCUT2D eigenvalue weighted by Gasteiger charge is -2.24. The average Bonchev–Trinajstić information content (AvgIpc) is 3.22. The van der Waals surface area contributed by atoms with Gasteiger partial charge < -0.3 is 41.4 Å². The van der Waals surface area contributed by atoms with E-state index in [9.17, 15) is 29.7 Å². The summed E-state index contributed by atoms with van der Waals surface area (Å²) < 4.78 is 0. The van der Waals surface area contributed by atoms with Crippen LogP contribution in [0, 0.1) is 0 Å². The van der Waals surface area contributed by atoms with Gasteiger partial charge in [-0.3, -0.25) is 9.59 Å². The van der Waals surface area contributed by atoms with Gasteiger partial charge in [0.15, 0.2) is 0 Å². The number of hydrogen-bond acceptors (Lipinski definition) is 9. The number of fused-ring (bicyclic) bond motifs is 1. The standard InChI is InChI=1S/C22H26N6O7/c23-22-26-18-17(20(33)27-22)13(11-24-18)7-8-28(9-10-29)14-3-1-12(2-4-14)19(32)25-15(21(34)35)5-6-16(30)31/h1-4,11,15,29H,5-10H2,(H,25,32)(H,30,31)(H,34,35)(H4,23,24,26,27,33)/t15-/m0/s1. The lowest BCUT2D eigenvalue weighted by molar-refractivity contribution is -0.140. The Morgan fingerprint density at radius 1 is 1.11 bits per heavy atom. The molecule has 186 valence electrons. The number of amides is 1. The Balaban J connectivity index is 1.69. The van der Waals surface area contributed by atoms with Crippen LogP contribution in [0.5, 0.6) is 5.88 Å². The van der Waals surface area contributed by atoms with Crippen molar-refractivity contribution in [3.63, 3.8) is 0 Å². The number of aromatic hydroxyl groups is 1. The Morgan fingerprint density at radius 3 is 2.46 bits per heavy atom. The van der Waals surface area contributed by atoms with Gasteiger partial charge in [0.25, 0.3) is 5.91 Å². The fourth-order valence-corrected chi connectivity index (χ4v) is 3.63. The van der Waals surface area contributed by atoms with Gasteiger partial charge in [0.05, 0.1) is 12.0 Å². The molecule has 0 spiro atoms. The van der Waals surface area contributed by atoms with E-state index >= 15 is 0 Å². The van der Waals surface area contributed by atoms with Crippen molar-refractivity contribution < 1.29 is 34.8 Å². The molecular weight excluding hydrogens is 460 g/mol. The molecule has 0 unspecified atom stereocenters. The number of H-pyrrole nitrogens is 1. The molecule has 0 fully saturated rings. The predicted molar refractivity (Wildman–Crippen MR) is 125 cm³/mol. The highest BCUT2D eigenvalue weighted by Gasteiger charge is 2.22. The normalized spacial score (nSPS) is 11.8. The molecule has 0 aliphatic rings. The molecule has 13 nitrogen and oxygen atoms in total. The van der Waals surface area contributed by atoms with Crippen LogP contribution in [0.25, 0.3) is 11.0 Å². The maximum atomic E-state index is 12.4. The molecule has 0 saturated carbocycles. The number of aromatic amines is 1. The maximum absolute atomic E-state index is 12.4. The average molecular weight is 486 g/mol. The van der Waals surface area contributed by atoms with Gasteiger partial charge in [-0.05, 0) is 42.7 Å². The second kappa shape index (κ2) is 11.2. The van der Waals surface area contributed by atoms with Crippen molar-refractivity contribution >= 4 is 40.5 Å². The number of nitrogens with one attached hydrogen (secondary N) is 2. The van der Waals surface area contributed by atoms with Crippen LogP contribution >= 0.6 is 0 Å². The van der Waals surface area contributed by atoms with Crippen molar-refractivity contribution in [1.82, 2.24) is 20.3 Å². The number of hydrogen-bond donors (Lipinski definition) is 7. The molecule has 1 atom stereocenters. The number of carbonyl (C=O) groups is 3. The van der Waals surface area contributed by atoms with E-state index in [-0.39, 0.29) is 36.8 Å². The fourth-order valence-electron chi connectivity index (χ4n) is 3.63. The Bertz CT molecular complexity index is 1210. The lowest BCUT2D eigenvalue weighted by Crippen LogP contribution is -2.41. The number of carboxylic acids is 2. The van der Waals surface area contributed by atoms with Gasteiger partial charge in [0, 0.05) is 37.0 Å². The zero-order chi connectivity index (χ0) is 25.5. The van der Waals surface area contributed by atoms with E-state index in [0.717, 1.165) is 5.56 Å². The largest absolute Gasteiger partial charge is 0.493 e. The van der Waals surface area contributed by atoms with Crippen molar-refractivity contribution in [2.45, 2.75) is 25.3 Å². The molecule has 0 saturated heterocycles. The van der Waals surface area contributed by atoms with Crippen LogP contribution in [-0.2, 0) is 16.0 Å². The minimum Gasteiger partial charge on any atom is -0.493 e. The Hall–Kier alpha value is -4.39. The molecule has 1 amide bonds. The van der Waals surface area contributed by atoms with Gasteiger partial charge in [-0.25, -0.2) is 4.79 Å². The van der Waals surface area contributed by atoms with Gasteiger partial charge in [-0.15, -0.1) is 0 Å². The molecule has 2 aromatic heterocycles. The number of nitrogens with two attached hydrogens (primary N) is 1.